The van der Waals surface area contributed by atoms with E-state index in [0.29, 0.717) is 0 Å². The average molecular weight is 321 g/mol. The van der Waals surface area contributed by atoms with Crippen LogP contribution in [-0.4, -0.2) is 26.8 Å². The third kappa shape index (κ3) is 1280. The Kier molecular flexibility index (Phi) is 10.2. The van der Waals surface area contributed by atoms with Gasteiger partial charge in [0, 0.05) is 0 Å². The summed E-state index contributed by atoms with van der Waals surface area (Å²) in [6.07, 6.45) is 0. The van der Waals surface area contributed by atoms with E-state index in [2.05, 4.69) is 0 Å². The van der Waals surface area contributed by atoms with Crippen LogP contribution in [0.5, 0.6) is 0 Å². The molecule has 0 unspecified atom stereocenters. The summed E-state index contributed by atoms with van der Waals surface area (Å²) in [6, 6.07) is 0. The van der Waals surface area contributed by atoms with Crippen LogP contribution in [0.1, 0.15) is 0 Å². The molecule has 11 heteroatoms. The second-order valence-corrected chi connectivity index (χ2v) is 4.35. The van der Waals surface area contributed by atoms with Gasteiger partial charge in [-0.25, -0.2) is 0 Å². The van der Waals surface area contributed by atoms with E-state index >= 15 is 0 Å². The first-order chi connectivity index (χ1) is 4.00. The standard InChI is InChI=1S/AsH3O4.Cr.Cu.4O/c2-1(3,4)5;;;;;;/h(H3,2,3,4,5);;;;;;/q;;+2;;;2*-1. The molecule has 0 aromatic carbocycles. The third-order valence-corrected chi connectivity index (χ3v) is 0. The fourth-order valence-electron chi connectivity index (χ4n) is 0. The minimum atomic E-state index is -5.75. The van der Waals surface area contributed by atoms with Crippen LogP contribution in [0.2, 0.25) is 0 Å². The quantitative estimate of drug-likeness (QED) is 0.375. The molecule has 0 spiro atoms. The van der Waals surface area contributed by atoms with E-state index in [9.17, 15) is 0 Å². The summed E-state index contributed by atoms with van der Waals surface area (Å²) >= 11 is -10.9. The van der Waals surface area contributed by atoms with Crippen LogP contribution in [0, 0.1) is 0 Å². The monoisotopic (exact) mass is 321 g/mol. The topological polar surface area (TPSA) is 158 Å². The summed E-state index contributed by atoms with van der Waals surface area (Å²) in [4.78, 5) is 0. The van der Waals surface area contributed by atoms with Gasteiger partial charge in [-0.15, -0.1) is 0 Å². The van der Waals surface area contributed by atoms with Gasteiger partial charge in [0.1, 0.15) is 0 Å². The summed E-state index contributed by atoms with van der Waals surface area (Å²) < 4.78 is 65.1. The van der Waals surface area contributed by atoms with Crippen LogP contribution < -0.4 is 8.32 Å². The molecule has 3 N–H and O–H groups in total. The number of hydrogen-bond acceptors (Lipinski definition) is 5. The Morgan fingerprint density at radius 1 is 1.09 bits per heavy atom. The molecular formula is H3AsCrCuO8. The zero-order valence-corrected chi connectivity index (χ0v) is 8.63. The normalized spacial score (nSPS) is 10.6. The number of hydrogen-bond donors (Lipinski definition) is 3. The predicted octanol–water partition coefficient (Wildman–Crippen LogP) is -4.79. The van der Waals surface area contributed by atoms with Crippen LogP contribution in [0.15, 0.2) is 0 Å². The molecule has 0 aliphatic rings. The number of rotatable bonds is 0. The van der Waals surface area contributed by atoms with E-state index in [1.165, 1.54) is 0 Å². The van der Waals surface area contributed by atoms with E-state index in [1.807, 2.05) is 0 Å². The Hall–Kier alpha value is 0.810. The molecule has 0 saturated heterocycles. The van der Waals surface area contributed by atoms with Gasteiger partial charge in [0.25, 0.3) is 0 Å². The van der Waals surface area contributed by atoms with Crippen molar-refractivity contribution in [2.24, 2.45) is 0 Å². The first-order valence-electron chi connectivity index (χ1n) is 1.45. The molecule has 0 aliphatic carbocycles. The molecule has 0 atom stereocenters. The molecule has 73 valence electrons. The van der Waals surface area contributed by atoms with Crippen molar-refractivity contribution in [3.63, 3.8) is 0 Å². The fraction of sp³-hybridized carbons (Fsp3) is 0. The van der Waals surface area contributed by atoms with Crippen molar-refractivity contribution in [2.45, 2.75) is 0 Å². The van der Waals surface area contributed by atoms with Gasteiger partial charge >= 0.3 is 77.1 Å². The summed E-state index contributed by atoms with van der Waals surface area (Å²) in [7, 11) is 0. The Morgan fingerprint density at radius 3 is 1.09 bits per heavy atom. The zero-order valence-electron chi connectivity index (χ0n) is 4.54. The van der Waals surface area contributed by atoms with Crippen molar-refractivity contribution < 1.29 is 62.6 Å². The van der Waals surface area contributed by atoms with Gasteiger partial charge < -0.3 is 0 Å². The van der Waals surface area contributed by atoms with Crippen molar-refractivity contribution in [3.05, 3.63) is 0 Å². The molecule has 1 radical (unpaired) electrons. The molecule has 0 amide bonds. The predicted molar refractivity (Wildman–Crippen MR) is 14.5 cm³/mol. The Morgan fingerprint density at radius 2 is 1.09 bits per heavy atom. The molecule has 0 saturated carbocycles. The van der Waals surface area contributed by atoms with Gasteiger partial charge in [-0.05, 0) is 0 Å². The van der Waals surface area contributed by atoms with E-state index in [1.54, 1.807) is 0 Å². The molecule has 0 heterocycles. The van der Waals surface area contributed by atoms with E-state index < -0.39 is 28.1 Å². The van der Waals surface area contributed by atoms with Crippen molar-refractivity contribution in [1.82, 2.24) is 0 Å². The van der Waals surface area contributed by atoms with Crippen molar-refractivity contribution >= 4 is 14.5 Å². The van der Waals surface area contributed by atoms with Crippen molar-refractivity contribution in [2.75, 3.05) is 0 Å². The first kappa shape index (κ1) is 17.8. The first-order valence-corrected chi connectivity index (χ1v) is 6.82. The molecule has 0 aliphatic heterocycles. The summed E-state index contributed by atoms with van der Waals surface area (Å²) in [5, 5.41) is 0. The maximum absolute atomic E-state index is 8.94. The van der Waals surface area contributed by atoms with E-state index in [0.717, 1.165) is 0 Å². The van der Waals surface area contributed by atoms with Gasteiger partial charge in [0.2, 0.25) is 0 Å². The molecular weight excluding hydrogens is 318 g/mol. The summed E-state index contributed by atoms with van der Waals surface area (Å²) in [5.74, 6) is 0. The average Bonchev–Trinajstić information content (AvgIpc) is 1.12. The van der Waals surface area contributed by atoms with E-state index in [4.69, 9.17) is 31.9 Å². The van der Waals surface area contributed by atoms with Gasteiger partial charge in [-0.3, -0.25) is 0 Å². The zero-order chi connectivity index (χ0) is 9.00. The van der Waals surface area contributed by atoms with Crippen LogP contribution in [0.25, 0.3) is 0 Å². The molecule has 8 nitrogen and oxygen atoms in total. The van der Waals surface area contributed by atoms with Crippen LogP contribution in [-0.2, 0) is 42.0 Å². The molecule has 0 rings (SSSR count). The minimum absolute atomic E-state index is 0. The molecule has 0 bridgehead atoms. The fourth-order valence-corrected chi connectivity index (χ4v) is 0. The Bertz CT molecular complexity index is 192. The molecule has 0 aromatic heterocycles. The van der Waals surface area contributed by atoms with Crippen LogP contribution >= 0.6 is 0 Å². The maximum atomic E-state index is 8.94. The van der Waals surface area contributed by atoms with Crippen molar-refractivity contribution in [3.8, 4) is 0 Å². The van der Waals surface area contributed by atoms with E-state index in [-0.39, 0.29) is 17.1 Å². The molecule has 11 heavy (non-hydrogen) atoms. The van der Waals surface area contributed by atoms with Crippen LogP contribution in [0.3, 0.4) is 0 Å². The second-order valence-electron chi connectivity index (χ2n) is 0.922. The van der Waals surface area contributed by atoms with Crippen LogP contribution in [0.4, 0.5) is 0 Å². The van der Waals surface area contributed by atoms with Gasteiger partial charge in [-0.1, -0.05) is 0 Å². The Labute approximate surface area is 77.1 Å². The van der Waals surface area contributed by atoms with Gasteiger partial charge in [0.05, 0.1) is 0 Å². The molecule has 0 aromatic rings. The van der Waals surface area contributed by atoms with Crippen molar-refractivity contribution in [1.29, 1.82) is 0 Å². The van der Waals surface area contributed by atoms with Gasteiger partial charge in [0.15, 0.2) is 0 Å². The Balaban J connectivity index is -0.000000107. The SMILES string of the molecule is O=[As](O)(O)O.[Cu+2].[O]=[Cr](=[O])([O-])[O-]. The molecule has 0 fully saturated rings. The van der Waals surface area contributed by atoms with Gasteiger partial charge in [-0.2, -0.15) is 0 Å². The summed E-state index contributed by atoms with van der Waals surface area (Å²) in [5.41, 5.74) is 0. The summed E-state index contributed by atoms with van der Waals surface area (Å²) in [6.45, 7) is 0. The second kappa shape index (κ2) is 6.34. The third-order valence-electron chi connectivity index (χ3n) is 0.